The van der Waals surface area contributed by atoms with Gasteiger partial charge in [-0.05, 0) is 25.0 Å². The Morgan fingerprint density at radius 1 is 1.67 bits per heavy atom. The molecular weight excluding hydrogens is 192 g/mol. The predicted octanol–water partition coefficient (Wildman–Crippen LogP) is 1.19. The summed E-state index contributed by atoms with van der Waals surface area (Å²) in [5.74, 6) is 0.328. The van der Waals surface area contributed by atoms with E-state index in [1.807, 2.05) is 6.92 Å². The Morgan fingerprint density at radius 3 is 3.13 bits per heavy atom. The molecule has 15 heavy (non-hydrogen) atoms. The lowest BCUT2D eigenvalue weighted by atomic mass is 9.97. The second kappa shape index (κ2) is 3.98. The fourth-order valence-corrected chi connectivity index (χ4v) is 1.74. The number of Topliss-reactive ketones (excluding diaryl/α,β-unsaturated/α-hetero) is 1. The zero-order valence-electron chi connectivity index (χ0n) is 8.69. The maximum Gasteiger partial charge on any atom is 0.172 e. The van der Waals surface area contributed by atoms with Crippen LogP contribution in [-0.2, 0) is 4.74 Å². The van der Waals surface area contributed by atoms with Gasteiger partial charge in [-0.2, -0.15) is 0 Å². The molecule has 1 aromatic rings. The topological polar surface area (TPSA) is 65.2 Å². The average molecular weight is 206 g/mol. The Labute approximate surface area is 88.4 Å². The molecule has 4 heteroatoms. The van der Waals surface area contributed by atoms with Gasteiger partial charge in [0.2, 0.25) is 0 Å². The van der Waals surface area contributed by atoms with Gasteiger partial charge in [-0.15, -0.1) is 0 Å². The van der Waals surface area contributed by atoms with Gasteiger partial charge in [0, 0.05) is 18.7 Å². The van der Waals surface area contributed by atoms with Crippen molar-refractivity contribution in [3.05, 3.63) is 23.4 Å². The summed E-state index contributed by atoms with van der Waals surface area (Å²) in [6, 6.07) is 1.79. The van der Waals surface area contributed by atoms with Gasteiger partial charge in [-0.25, -0.2) is 4.98 Å². The second-order valence-corrected chi connectivity index (χ2v) is 3.87. The van der Waals surface area contributed by atoms with E-state index in [-0.39, 0.29) is 11.7 Å². The molecule has 0 spiro atoms. The highest BCUT2D eigenvalue weighted by Crippen LogP contribution is 2.21. The van der Waals surface area contributed by atoms with E-state index >= 15 is 0 Å². The molecule has 80 valence electrons. The van der Waals surface area contributed by atoms with Crippen LogP contribution in [0.1, 0.15) is 22.3 Å². The minimum Gasteiger partial charge on any atom is -0.383 e. The summed E-state index contributed by atoms with van der Waals surface area (Å²) in [5, 5.41) is 0. The van der Waals surface area contributed by atoms with Crippen molar-refractivity contribution in [1.29, 1.82) is 0 Å². The Morgan fingerprint density at radius 2 is 2.47 bits per heavy atom. The molecule has 0 bridgehead atoms. The SMILES string of the molecule is Cc1cnc(N)c(C(=O)C2CCOC2)c1. The number of ether oxygens (including phenoxy) is 1. The fourth-order valence-electron chi connectivity index (χ4n) is 1.74. The van der Waals surface area contributed by atoms with Crippen LogP contribution in [-0.4, -0.2) is 24.0 Å². The number of anilines is 1. The van der Waals surface area contributed by atoms with Gasteiger partial charge in [0.05, 0.1) is 12.2 Å². The van der Waals surface area contributed by atoms with Crippen LogP contribution in [0.15, 0.2) is 12.3 Å². The number of pyridine rings is 1. The molecule has 4 nitrogen and oxygen atoms in total. The van der Waals surface area contributed by atoms with Gasteiger partial charge in [0.1, 0.15) is 5.82 Å². The number of carbonyl (C=O) groups is 1. The lowest BCUT2D eigenvalue weighted by Crippen LogP contribution is -2.17. The third kappa shape index (κ3) is 1.99. The molecule has 1 fully saturated rings. The van der Waals surface area contributed by atoms with Crippen LogP contribution in [0, 0.1) is 12.8 Å². The van der Waals surface area contributed by atoms with E-state index in [0.717, 1.165) is 12.0 Å². The van der Waals surface area contributed by atoms with E-state index in [1.54, 1.807) is 12.3 Å². The number of aryl methyl sites for hydroxylation is 1. The van der Waals surface area contributed by atoms with Gasteiger partial charge >= 0.3 is 0 Å². The van der Waals surface area contributed by atoms with Crippen molar-refractivity contribution in [1.82, 2.24) is 4.98 Å². The van der Waals surface area contributed by atoms with E-state index in [0.29, 0.717) is 24.6 Å². The first-order valence-corrected chi connectivity index (χ1v) is 5.02. The van der Waals surface area contributed by atoms with Crippen molar-refractivity contribution in [3.63, 3.8) is 0 Å². The minimum absolute atomic E-state index is 0.0455. The van der Waals surface area contributed by atoms with Gasteiger partial charge in [0.25, 0.3) is 0 Å². The number of aromatic nitrogens is 1. The van der Waals surface area contributed by atoms with Crippen LogP contribution in [0.5, 0.6) is 0 Å². The van der Waals surface area contributed by atoms with E-state index in [2.05, 4.69) is 4.98 Å². The summed E-state index contributed by atoms with van der Waals surface area (Å²) < 4.78 is 5.19. The molecule has 0 aromatic carbocycles. The number of nitrogens with zero attached hydrogens (tertiary/aromatic N) is 1. The van der Waals surface area contributed by atoms with E-state index in [1.165, 1.54) is 0 Å². The summed E-state index contributed by atoms with van der Waals surface area (Å²) in [4.78, 5) is 16.0. The monoisotopic (exact) mass is 206 g/mol. The van der Waals surface area contributed by atoms with Gasteiger partial charge in [-0.3, -0.25) is 4.79 Å². The van der Waals surface area contributed by atoms with Crippen LogP contribution in [0.25, 0.3) is 0 Å². The van der Waals surface area contributed by atoms with Crippen LogP contribution in [0.2, 0.25) is 0 Å². The molecule has 1 aliphatic heterocycles. The first-order valence-electron chi connectivity index (χ1n) is 5.02. The Kier molecular flexibility index (Phi) is 2.68. The third-order valence-corrected chi connectivity index (χ3v) is 2.62. The first-order chi connectivity index (χ1) is 7.18. The smallest absolute Gasteiger partial charge is 0.172 e. The van der Waals surface area contributed by atoms with Crippen LogP contribution in [0.4, 0.5) is 5.82 Å². The molecular formula is C11H14N2O2. The third-order valence-electron chi connectivity index (χ3n) is 2.62. The zero-order valence-corrected chi connectivity index (χ0v) is 8.69. The van der Waals surface area contributed by atoms with Crippen molar-refractivity contribution in [2.75, 3.05) is 18.9 Å². The number of hydrogen-bond donors (Lipinski definition) is 1. The fraction of sp³-hybridized carbons (Fsp3) is 0.455. The van der Waals surface area contributed by atoms with Gasteiger partial charge in [-0.1, -0.05) is 0 Å². The highest BCUT2D eigenvalue weighted by atomic mass is 16.5. The molecule has 0 radical (unpaired) electrons. The largest absolute Gasteiger partial charge is 0.383 e. The standard InChI is InChI=1S/C11H14N2O2/c1-7-4-9(11(12)13-5-7)10(14)8-2-3-15-6-8/h4-5,8H,2-3,6H2,1H3,(H2,12,13). The average Bonchev–Trinajstić information content (AvgIpc) is 2.74. The van der Waals surface area contributed by atoms with Crippen molar-refractivity contribution >= 4 is 11.6 Å². The molecule has 2 rings (SSSR count). The minimum atomic E-state index is -0.0455. The van der Waals surface area contributed by atoms with Crippen molar-refractivity contribution < 1.29 is 9.53 Å². The van der Waals surface area contributed by atoms with Crippen molar-refractivity contribution in [2.45, 2.75) is 13.3 Å². The lowest BCUT2D eigenvalue weighted by molar-refractivity contribution is 0.0901. The highest BCUT2D eigenvalue weighted by molar-refractivity contribution is 6.01. The molecule has 2 heterocycles. The quantitative estimate of drug-likeness (QED) is 0.738. The van der Waals surface area contributed by atoms with E-state index in [9.17, 15) is 4.79 Å². The molecule has 1 saturated heterocycles. The zero-order chi connectivity index (χ0) is 10.8. The number of nitrogen functional groups attached to an aromatic ring is 1. The first kappa shape index (κ1) is 10.1. The predicted molar refractivity (Wildman–Crippen MR) is 56.6 cm³/mol. The van der Waals surface area contributed by atoms with Crippen molar-refractivity contribution in [3.8, 4) is 0 Å². The van der Waals surface area contributed by atoms with Gasteiger partial charge in [0.15, 0.2) is 5.78 Å². The summed E-state index contributed by atoms with van der Waals surface area (Å²) in [5.41, 5.74) is 7.17. The normalized spacial score (nSPS) is 20.5. The molecule has 1 atom stereocenters. The number of ketones is 1. The van der Waals surface area contributed by atoms with Crippen LogP contribution >= 0.6 is 0 Å². The molecule has 0 aliphatic carbocycles. The lowest BCUT2D eigenvalue weighted by Gasteiger charge is -2.08. The summed E-state index contributed by atoms with van der Waals surface area (Å²) >= 11 is 0. The highest BCUT2D eigenvalue weighted by Gasteiger charge is 2.26. The number of rotatable bonds is 2. The molecule has 0 amide bonds. The molecule has 2 N–H and O–H groups in total. The Hall–Kier alpha value is -1.42. The number of nitrogens with two attached hydrogens (primary N) is 1. The molecule has 0 saturated carbocycles. The Balaban J connectivity index is 2.27. The maximum absolute atomic E-state index is 12.0. The van der Waals surface area contributed by atoms with E-state index < -0.39 is 0 Å². The summed E-state index contributed by atoms with van der Waals surface area (Å²) in [6.45, 7) is 3.07. The summed E-state index contributed by atoms with van der Waals surface area (Å²) in [7, 11) is 0. The molecule has 1 unspecified atom stereocenters. The summed E-state index contributed by atoms with van der Waals surface area (Å²) in [6.07, 6.45) is 2.45. The van der Waals surface area contributed by atoms with Crippen LogP contribution in [0.3, 0.4) is 0 Å². The molecule has 1 aromatic heterocycles. The number of hydrogen-bond acceptors (Lipinski definition) is 4. The maximum atomic E-state index is 12.0. The van der Waals surface area contributed by atoms with Crippen molar-refractivity contribution in [2.24, 2.45) is 5.92 Å². The van der Waals surface area contributed by atoms with E-state index in [4.69, 9.17) is 10.5 Å². The second-order valence-electron chi connectivity index (χ2n) is 3.87. The number of carbonyl (C=O) groups excluding carboxylic acids is 1. The Bertz CT molecular complexity index is 384. The van der Waals surface area contributed by atoms with Crippen LogP contribution < -0.4 is 5.73 Å². The molecule has 1 aliphatic rings. The van der Waals surface area contributed by atoms with Gasteiger partial charge < -0.3 is 10.5 Å².